The Balaban J connectivity index is 1.42. The van der Waals surface area contributed by atoms with Crippen molar-refractivity contribution >= 4 is 52.9 Å². The molecule has 3 heterocycles. The standard InChI is InChI=1S/C29H27Cl2N9O5/c1-45-29(44)33-20-6-2-17(3-7-20)23-13-22(28(31)36-35-23)24(14-27(43)39-11-10-21(41)15-39)34-26(42)9-4-18-12-19(30)5-8-25(18)40-16-32-37-38-40/h2-9,12-13,16,21,24,41H,10-11,14-15H2,1H3,(H,33,44)(H,34,42)/b9-4+/t21-,24+/m1/s1. The van der Waals surface area contributed by atoms with Crippen LogP contribution in [0.3, 0.4) is 0 Å². The lowest BCUT2D eigenvalue weighted by molar-refractivity contribution is -0.131. The summed E-state index contributed by atoms with van der Waals surface area (Å²) in [4.78, 5) is 39.6. The molecule has 0 radical (unpaired) electrons. The molecule has 16 heteroatoms. The molecule has 1 saturated heterocycles. The summed E-state index contributed by atoms with van der Waals surface area (Å²) in [6, 6.07) is 12.5. The Kier molecular flexibility index (Phi) is 9.97. The lowest BCUT2D eigenvalue weighted by Crippen LogP contribution is -2.35. The lowest BCUT2D eigenvalue weighted by Gasteiger charge is -2.23. The zero-order valence-electron chi connectivity index (χ0n) is 23.8. The fourth-order valence-corrected chi connectivity index (χ4v) is 5.11. The van der Waals surface area contributed by atoms with Crippen LogP contribution in [0, 0.1) is 0 Å². The largest absolute Gasteiger partial charge is 0.453 e. The van der Waals surface area contributed by atoms with Crippen molar-refractivity contribution < 1.29 is 24.2 Å². The minimum absolute atomic E-state index is 0.00192. The highest BCUT2D eigenvalue weighted by molar-refractivity contribution is 6.31. The maximum absolute atomic E-state index is 13.3. The molecule has 1 fully saturated rings. The van der Waals surface area contributed by atoms with Crippen LogP contribution >= 0.6 is 23.2 Å². The second kappa shape index (κ2) is 14.2. The Labute approximate surface area is 267 Å². The normalized spacial score (nSPS) is 15.2. The van der Waals surface area contributed by atoms with Crippen molar-refractivity contribution in [2.75, 3.05) is 25.5 Å². The number of halogens is 2. The van der Waals surface area contributed by atoms with Gasteiger partial charge in [-0.25, -0.2) is 4.79 Å². The molecule has 14 nitrogen and oxygen atoms in total. The van der Waals surface area contributed by atoms with Gasteiger partial charge in [-0.3, -0.25) is 14.9 Å². The van der Waals surface area contributed by atoms with Crippen LogP contribution in [0.2, 0.25) is 10.2 Å². The number of aliphatic hydroxyl groups excluding tert-OH is 1. The second-order valence-corrected chi connectivity index (χ2v) is 10.8. The van der Waals surface area contributed by atoms with Gasteiger partial charge in [-0.05, 0) is 59.3 Å². The number of amides is 3. The van der Waals surface area contributed by atoms with E-state index in [1.54, 1.807) is 59.5 Å². The van der Waals surface area contributed by atoms with E-state index in [0.717, 1.165) is 0 Å². The predicted molar refractivity (Wildman–Crippen MR) is 164 cm³/mol. The van der Waals surface area contributed by atoms with Crippen molar-refractivity contribution in [1.82, 2.24) is 40.6 Å². The molecule has 3 amide bonds. The van der Waals surface area contributed by atoms with E-state index in [0.29, 0.717) is 51.7 Å². The van der Waals surface area contributed by atoms with Crippen LogP contribution in [0.4, 0.5) is 10.5 Å². The summed E-state index contributed by atoms with van der Waals surface area (Å²) in [5, 5.41) is 35.3. The third-order valence-corrected chi connectivity index (χ3v) is 7.50. The number of methoxy groups -OCH3 is 1. The SMILES string of the molecule is COC(=O)Nc1ccc(-c2cc([C@H](CC(=O)N3CC[C@@H](O)C3)NC(=O)/C=C/c3cc(Cl)ccc3-n3cnnn3)c(Cl)nn2)cc1. The monoisotopic (exact) mass is 651 g/mol. The number of aromatic nitrogens is 6. The summed E-state index contributed by atoms with van der Waals surface area (Å²) in [5.41, 5.74) is 3.09. The Morgan fingerprint density at radius 1 is 1.13 bits per heavy atom. The van der Waals surface area contributed by atoms with Gasteiger partial charge in [-0.2, -0.15) is 4.68 Å². The number of benzene rings is 2. The number of carbonyl (C=O) groups is 3. The van der Waals surface area contributed by atoms with Crippen LogP contribution in [0.15, 0.2) is 60.9 Å². The van der Waals surface area contributed by atoms with E-state index >= 15 is 0 Å². The first-order valence-corrected chi connectivity index (χ1v) is 14.4. The highest BCUT2D eigenvalue weighted by Gasteiger charge is 2.29. The summed E-state index contributed by atoms with van der Waals surface area (Å²) in [6.07, 6.45) is 3.37. The molecule has 4 aromatic rings. The average Bonchev–Trinajstić information content (AvgIpc) is 3.73. The first-order valence-electron chi connectivity index (χ1n) is 13.7. The number of aliphatic hydroxyl groups is 1. The molecule has 0 bridgehead atoms. The number of nitrogens with one attached hydrogen (secondary N) is 2. The first kappa shape index (κ1) is 31.5. The molecule has 0 aliphatic carbocycles. The molecule has 45 heavy (non-hydrogen) atoms. The van der Waals surface area contributed by atoms with Gasteiger partial charge >= 0.3 is 6.09 Å². The number of hydrogen-bond acceptors (Lipinski definition) is 10. The smallest absolute Gasteiger partial charge is 0.411 e. The van der Waals surface area contributed by atoms with Gasteiger partial charge in [0.1, 0.15) is 6.33 Å². The fourth-order valence-electron chi connectivity index (χ4n) is 4.71. The number of likely N-dealkylation sites (tertiary alicyclic amines) is 1. The van der Waals surface area contributed by atoms with Crippen LogP contribution < -0.4 is 10.6 Å². The topological polar surface area (TPSA) is 177 Å². The third-order valence-electron chi connectivity index (χ3n) is 6.97. The molecular formula is C29H27Cl2N9O5. The minimum atomic E-state index is -0.896. The van der Waals surface area contributed by atoms with Crippen molar-refractivity contribution in [3.8, 4) is 16.9 Å². The molecular weight excluding hydrogens is 625 g/mol. The number of tetrazole rings is 1. The van der Waals surface area contributed by atoms with E-state index in [4.69, 9.17) is 23.2 Å². The Morgan fingerprint density at radius 2 is 1.93 bits per heavy atom. The van der Waals surface area contributed by atoms with Gasteiger partial charge < -0.3 is 20.1 Å². The molecule has 3 N–H and O–H groups in total. The van der Waals surface area contributed by atoms with Crippen molar-refractivity contribution in [2.24, 2.45) is 0 Å². The summed E-state index contributed by atoms with van der Waals surface area (Å²) in [6.45, 7) is 0.600. The van der Waals surface area contributed by atoms with Gasteiger partial charge in [0.15, 0.2) is 5.15 Å². The second-order valence-electron chi connectivity index (χ2n) is 10.0. The van der Waals surface area contributed by atoms with Crippen LogP contribution in [-0.2, 0) is 14.3 Å². The zero-order valence-corrected chi connectivity index (χ0v) is 25.3. The van der Waals surface area contributed by atoms with Gasteiger partial charge in [-0.15, -0.1) is 15.3 Å². The number of anilines is 1. The zero-order chi connectivity index (χ0) is 31.9. The van der Waals surface area contributed by atoms with Gasteiger partial charge in [0, 0.05) is 46.6 Å². The van der Waals surface area contributed by atoms with Crippen LogP contribution in [0.1, 0.15) is 30.0 Å². The summed E-state index contributed by atoms with van der Waals surface area (Å²) in [7, 11) is 1.27. The van der Waals surface area contributed by atoms with Crippen molar-refractivity contribution in [1.29, 1.82) is 0 Å². The molecule has 2 atom stereocenters. The first-order chi connectivity index (χ1) is 21.7. The Morgan fingerprint density at radius 3 is 2.62 bits per heavy atom. The molecule has 2 aromatic carbocycles. The van der Waals surface area contributed by atoms with Gasteiger partial charge in [0.25, 0.3) is 0 Å². The minimum Gasteiger partial charge on any atom is -0.453 e. The quantitative estimate of drug-likeness (QED) is 0.227. The molecule has 1 aliphatic heterocycles. The molecule has 2 aromatic heterocycles. The number of nitrogens with zero attached hydrogens (tertiary/aromatic N) is 7. The summed E-state index contributed by atoms with van der Waals surface area (Å²) in [5.74, 6) is -0.797. The van der Waals surface area contributed by atoms with Crippen LogP contribution in [0.25, 0.3) is 23.0 Å². The maximum Gasteiger partial charge on any atom is 0.411 e. The lowest BCUT2D eigenvalue weighted by atomic mass is 10.0. The maximum atomic E-state index is 13.3. The van der Waals surface area contributed by atoms with E-state index in [9.17, 15) is 19.5 Å². The van der Waals surface area contributed by atoms with Crippen molar-refractivity contribution in [3.05, 3.63) is 82.2 Å². The Bertz CT molecular complexity index is 1720. The molecule has 0 saturated carbocycles. The number of β-amino-alcohol motifs (C(OH)–C–C–N with tert-alkyl or cyclic N) is 1. The fraction of sp³-hybridized carbons (Fsp3) is 0.241. The highest BCUT2D eigenvalue weighted by Crippen LogP contribution is 2.29. The van der Waals surface area contributed by atoms with E-state index in [2.05, 4.69) is 41.1 Å². The summed E-state index contributed by atoms with van der Waals surface area (Å²) >= 11 is 12.7. The third kappa shape index (κ3) is 7.98. The van der Waals surface area contributed by atoms with Crippen LogP contribution in [-0.4, -0.2) is 84.6 Å². The van der Waals surface area contributed by atoms with Gasteiger partial charge in [0.05, 0.1) is 37.1 Å². The average molecular weight is 652 g/mol. The molecule has 232 valence electrons. The predicted octanol–water partition coefficient (Wildman–Crippen LogP) is 3.46. The van der Waals surface area contributed by atoms with E-state index in [-0.39, 0.29) is 24.0 Å². The summed E-state index contributed by atoms with van der Waals surface area (Å²) < 4.78 is 6.05. The van der Waals surface area contributed by atoms with Crippen molar-refractivity contribution in [2.45, 2.75) is 25.0 Å². The molecule has 5 rings (SSSR count). The number of hydrogen-bond donors (Lipinski definition) is 3. The number of ether oxygens (including phenoxy) is 1. The number of carbonyl (C=O) groups excluding carboxylic acids is 3. The van der Waals surface area contributed by atoms with Gasteiger partial charge in [0.2, 0.25) is 11.8 Å². The molecule has 0 unspecified atom stereocenters. The molecule has 1 aliphatic rings. The van der Waals surface area contributed by atoms with E-state index in [1.165, 1.54) is 24.2 Å². The van der Waals surface area contributed by atoms with Crippen molar-refractivity contribution in [3.63, 3.8) is 0 Å². The highest BCUT2D eigenvalue weighted by atomic mass is 35.5. The van der Waals surface area contributed by atoms with E-state index < -0.39 is 24.1 Å². The van der Waals surface area contributed by atoms with Crippen LogP contribution in [0.5, 0.6) is 0 Å². The Hall–Kier alpha value is -4.92. The van der Waals surface area contributed by atoms with E-state index in [1.807, 2.05) is 0 Å². The molecule has 0 spiro atoms. The number of rotatable bonds is 9. The van der Waals surface area contributed by atoms with Gasteiger partial charge in [-0.1, -0.05) is 35.3 Å².